The molecule has 0 spiro atoms. The molecule has 2 rings (SSSR count). The van der Waals surface area contributed by atoms with Crippen LogP contribution in [0.15, 0.2) is 12.3 Å². The molecule has 2 aromatic heterocycles. The van der Waals surface area contributed by atoms with E-state index >= 15 is 0 Å². The lowest BCUT2D eigenvalue weighted by molar-refractivity contribution is -0.120. The Bertz CT molecular complexity index is 590. The molecule has 0 fully saturated rings. The van der Waals surface area contributed by atoms with E-state index in [0.717, 1.165) is 22.3 Å². The summed E-state index contributed by atoms with van der Waals surface area (Å²) in [6.45, 7) is 5.46. The number of hydrogen-bond acceptors (Lipinski definition) is 4. The average Bonchev–Trinajstić information content (AvgIpc) is 2.65. The summed E-state index contributed by atoms with van der Waals surface area (Å²) in [6.07, 6.45) is 1.81. The van der Waals surface area contributed by atoms with Crippen LogP contribution in [-0.2, 0) is 18.4 Å². The van der Waals surface area contributed by atoms with Gasteiger partial charge in [-0.1, -0.05) is 0 Å². The van der Waals surface area contributed by atoms with Crippen molar-refractivity contribution in [1.29, 1.82) is 0 Å². The molecule has 2 N–H and O–H groups in total. The van der Waals surface area contributed by atoms with Crippen LogP contribution in [-0.4, -0.2) is 33.8 Å². The number of nitrogens with zero attached hydrogens (tertiary/aromatic N) is 3. The monoisotopic (exact) mass is 261 g/mol. The van der Waals surface area contributed by atoms with Crippen molar-refractivity contribution in [3.05, 3.63) is 23.5 Å². The van der Waals surface area contributed by atoms with Gasteiger partial charge < -0.3 is 10.6 Å². The highest BCUT2D eigenvalue weighted by Crippen LogP contribution is 2.16. The van der Waals surface area contributed by atoms with Crippen LogP contribution in [0, 0.1) is 6.92 Å². The third-order valence-electron chi connectivity index (χ3n) is 2.91. The van der Waals surface area contributed by atoms with Gasteiger partial charge in [0.2, 0.25) is 5.91 Å². The lowest BCUT2D eigenvalue weighted by atomic mass is 10.2. The third-order valence-corrected chi connectivity index (χ3v) is 2.91. The van der Waals surface area contributed by atoms with Crippen LogP contribution < -0.4 is 10.6 Å². The molecular weight excluding hydrogens is 242 g/mol. The van der Waals surface area contributed by atoms with Gasteiger partial charge in [0.25, 0.3) is 0 Å². The quantitative estimate of drug-likeness (QED) is 0.822. The standard InChI is InChI=1S/C13H19N5O/c1-4-15-12(19)8-14-6-10-5-11-9(2)17-18(3)13(11)16-7-10/h5,7,14H,4,6,8H2,1-3H3,(H,15,19). The summed E-state index contributed by atoms with van der Waals surface area (Å²) in [7, 11) is 1.88. The Kier molecular flexibility index (Phi) is 4.11. The fraction of sp³-hybridized carbons (Fsp3) is 0.462. The topological polar surface area (TPSA) is 71.8 Å². The van der Waals surface area contributed by atoms with Crippen molar-refractivity contribution in [2.45, 2.75) is 20.4 Å². The van der Waals surface area contributed by atoms with Crippen molar-refractivity contribution in [2.75, 3.05) is 13.1 Å². The molecule has 0 radical (unpaired) electrons. The molecule has 0 saturated heterocycles. The van der Waals surface area contributed by atoms with Crippen LogP contribution in [0.4, 0.5) is 0 Å². The van der Waals surface area contributed by atoms with E-state index in [2.05, 4.69) is 26.8 Å². The molecule has 19 heavy (non-hydrogen) atoms. The van der Waals surface area contributed by atoms with Crippen LogP contribution in [0.25, 0.3) is 11.0 Å². The second kappa shape index (κ2) is 5.79. The maximum absolute atomic E-state index is 11.3. The van der Waals surface area contributed by atoms with E-state index in [0.29, 0.717) is 19.6 Å². The maximum atomic E-state index is 11.3. The first-order chi connectivity index (χ1) is 9.11. The first-order valence-electron chi connectivity index (χ1n) is 6.37. The molecule has 0 saturated carbocycles. The number of nitrogens with one attached hydrogen (secondary N) is 2. The molecule has 6 heteroatoms. The molecule has 102 valence electrons. The predicted molar refractivity (Wildman–Crippen MR) is 73.6 cm³/mol. The number of fused-ring (bicyclic) bond motifs is 1. The number of aryl methyl sites for hydroxylation is 2. The Balaban J connectivity index is 2.02. The molecule has 6 nitrogen and oxygen atoms in total. The molecule has 0 aromatic carbocycles. The van der Waals surface area contributed by atoms with Crippen molar-refractivity contribution in [3.8, 4) is 0 Å². The first-order valence-corrected chi connectivity index (χ1v) is 6.37. The third kappa shape index (κ3) is 3.08. The highest BCUT2D eigenvalue weighted by Gasteiger charge is 2.07. The molecule has 0 aliphatic rings. The van der Waals surface area contributed by atoms with Gasteiger partial charge in [0.15, 0.2) is 5.65 Å². The van der Waals surface area contributed by atoms with Crippen LogP contribution >= 0.6 is 0 Å². The number of hydrogen-bond donors (Lipinski definition) is 2. The number of amides is 1. The van der Waals surface area contributed by atoms with Gasteiger partial charge in [0.05, 0.1) is 12.2 Å². The Morgan fingerprint density at radius 3 is 3.00 bits per heavy atom. The highest BCUT2D eigenvalue weighted by molar-refractivity contribution is 5.79. The van der Waals surface area contributed by atoms with Gasteiger partial charge in [-0.15, -0.1) is 0 Å². The molecule has 0 bridgehead atoms. The van der Waals surface area contributed by atoms with Gasteiger partial charge in [-0.05, 0) is 25.5 Å². The Hall–Kier alpha value is -1.95. The van der Waals surface area contributed by atoms with Gasteiger partial charge >= 0.3 is 0 Å². The molecule has 2 aromatic rings. The number of carbonyl (C=O) groups excluding carboxylic acids is 1. The average molecular weight is 261 g/mol. The molecule has 0 atom stereocenters. The van der Waals surface area contributed by atoms with E-state index in [9.17, 15) is 4.79 Å². The lowest BCUT2D eigenvalue weighted by Gasteiger charge is -2.05. The van der Waals surface area contributed by atoms with Crippen molar-refractivity contribution >= 4 is 16.9 Å². The molecule has 0 unspecified atom stereocenters. The van der Waals surface area contributed by atoms with Gasteiger partial charge in [0, 0.05) is 31.7 Å². The summed E-state index contributed by atoms with van der Waals surface area (Å²) in [6, 6.07) is 2.06. The van der Waals surface area contributed by atoms with Crippen molar-refractivity contribution < 1.29 is 4.79 Å². The SMILES string of the molecule is CCNC(=O)CNCc1cnc2c(c1)c(C)nn2C. The number of aromatic nitrogens is 3. The van der Waals surface area contributed by atoms with Gasteiger partial charge in [0.1, 0.15) is 0 Å². The van der Waals surface area contributed by atoms with E-state index in [1.807, 2.05) is 27.1 Å². The summed E-state index contributed by atoms with van der Waals surface area (Å²) >= 11 is 0. The summed E-state index contributed by atoms with van der Waals surface area (Å²) in [5.41, 5.74) is 2.90. The van der Waals surface area contributed by atoms with E-state index in [1.165, 1.54) is 0 Å². The summed E-state index contributed by atoms with van der Waals surface area (Å²) in [5.74, 6) is 0.00842. The predicted octanol–water partition coefficient (Wildman–Crippen LogP) is 0.502. The number of pyridine rings is 1. The normalized spacial score (nSPS) is 10.9. The second-order valence-corrected chi connectivity index (χ2v) is 4.48. The maximum Gasteiger partial charge on any atom is 0.233 e. The largest absolute Gasteiger partial charge is 0.355 e. The van der Waals surface area contributed by atoms with Gasteiger partial charge in [-0.2, -0.15) is 5.10 Å². The highest BCUT2D eigenvalue weighted by atomic mass is 16.1. The van der Waals surface area contributed by atoms with Gasteiger partial charge in [-0.3, -0.25) is 9.48 Å². The van der Waals surface area contributed by atoms with E-state index < -0.39 is 0 Å². The fourth-order valence-corrected chi connectivity index (χ4v) is 2.03. The number of likely N-dealkylation sites (N-methyl/N-ethyl adjacent to an activating group) is 1. The molecular formula is C13H19N5O. The minimum atomic E-state index is 0.00842. The minimum absolute atomic E-state index is 0.00842. The summed E-state index contributed by atoms with van der Waals surface area (Å²) in [5, 5.41) is 11.2. The van der Waals surface area contributed by atoms with Crippen LogP contribution in [0.2, 0.25) is 0 Å². The Morgan fingerprint density at radius 1 is 1.47 bits per heavy atom. The Morgan fingerprint density at radius 2 is 2.26 bits per heavy atom. The first kappa shape index (κ1) is 13.5. The molecule has 0 aliphatic heterocycles. The smallest absolute Gasteiger partial charge is 0.233 e. The van der Waals surface area contributed by atoms with E-state index in [-0.39, 0.29) is 5.91 Å². The molecule has 0 aliphatic carbocycles. The molecule has 2 heterocycles. The zero-order valence-electron chi connectivity index (χ0n) is 11.5. The summed E-state index contributed by atoms with van der Waals surface area (Å²) in [4.78, 5) is 15.7. The van der Waals surface area contributed by atoms with E-state index in [4.69, 9.17) is 0 Å². The van der Waals surface area contributed by atoms with Gasteiger partial charge in [-0.25, -0.2) is 4.98 Å². The van der Waals surface area contributed by atoms with Crippen molar-refractivity contribution in [2.24, 2.45) is 7.05 Å². The van der Waals surface area contributed by atoms with Crippen LogP contribution in [0.5, 0.6) is 0 Å². The minimum Gasteiger partial charge on any atom is -0.355 e. The fourth-order valence-electron chi connectivity index (χ4n) is 2.03. The van der Waals surface area contributed by atoms with E-state index in [1.54, 1.807) is 4.68 Å². The summed E-state index contributed by atoms with van der Waals surface area (Å²) < 4.78 is 1.77. The lowest BCUT2D eigenvalue weighted by Crippen LogP contribution is -2.33. The zero-order chi connectivity index (χ0) is 13.8. The molecule has 1 amide bonds. The second-order valence-electron chi connectivity index (χ2n) is 4.48. The number of carbonyl (C=O) groups is 1. The van der Waals surface area contributed by atoms with Crippen LogP contribution in [0.3, 0.4) is 0 Å². The number of rotatable bonds is 5. The zero-order valence-corrected chi connectivity index (χ0v) is 11.5. The van der Waals surface area contributed by atoms with Crippen LogP contribution in [0.1, 0.15) is 18.2 Å². The Labute approximate surface area is 112 Å². The van der Waals surface area contributed by atoms with Crippen molar-refractivity contribution in [3.63, 3.8) is 0 Å². The van der Waals surface area contributed by atoms with Crippen molar-refractivity contribution in [1.82, 2.24) is 25.4 Å².